The second kappa shape index (κ2) is 9.52. The molecule has 206 valence electrons. The lowest BCUT2D eigenvalue weighted by atomic mass is 9.48. The summed E-state index contributed by atoms with van der Waals surface area (Å²) in [6.07, 6.45) is 13.6. The fourth-order valence-electron chi connectivity index (χ4n) is 7.97. The summed E-state index contributed by atoms with van der Waals surface area (Å²) < 4.78 is 9.64. The zero-order valence-corrected chi connectivity index (χ0v) is 23.6. The first kappa shape index (κ1) is 24.7. The van der Waals surface area contributed by atoms with Crippen molar-refractivity contribution in [3.8, 4) is 22.8 Å². The number of hydrogen-bond acceptors (Lipinski definition) is 6. The van der Waals surface area contributed by atoms with Crippen LogP contribution in [0.15, 0.2) is 78.2 Å². The van der Waals surface area contributed by atoms with E-state index in [4.69, 9.17) is 14.8 Å². The van der Waals surface area contributed by atoms with E-state index >= 15 is 0 Å². The predicted molar refractivity (Wildman–Crippen MR) is 160 cm³/mol. The second-order valence-corrected chi connectivity index (χ2v) is 13.1. The maximum Gasteiger partial charge on any atom is 0.291 e. The lowest BCUT2D eigenvalue weighted by Crippen LogP contribution is -2.49. The molecule has 0 amide bonds. The molecule has 0 atom stereocenters. The number of nitrogens with zero attached hydrogens (tertiary/aromatic N) is 5. The second-order valence-electron chi connectivity index (χ2n) is 12.1. The van der Waals surface area contributed by atoms with E-state index in [9.17, 15) is 4.79 Å². The van der Waals surface area contributed by atoms with Crippen LogP contribution in [0.25, 0.3) is 28.1 Å². The van der Waals surface area contributed by atoms with Gasteiger partial charge in [0.2, 0.25) is 4.96 Å². The number of thiazole rings is 1. The van der Waals surface area contributed by atoms with Crippen LogP contribution in [-0.2, 0) is 5.41 Å². The van der Waals surface area contributed by atoms with Crippen LogP contribution < -0.4 is 14.8 Å². The molecule has 8 heteroatoms. The molecular formula is C33H31N5O2S. The van der Waals surface area contributed by atoms with Crippen molar-refractivity contribution < 1.29 is 4.74 Å². The number of fused-ring (bicyclic) bond motifs is 1. The van der Waals surface area contributed by atoms with Crippen LogP contribution in [0.2, 0.25) is 0 Å². The highest BCUT2D eigenvalue weighted by Crippen LogP contribution is 2.61. The zero-order valence-electron chi connectivity index (χ0n) is 22.8. The van der Waals surface area contributed by atoms with Crippen LogP contribution in [-0.4, -0.2) is 31.0 Å². The van der Waals surface area contributed by atoms with Gasteiger partial charge < -0.3 is 4.74 Å². The van der Waals surface area contributed by atoms with Crippen molar-refractivity contribution in [3.63, 3.8) is 0 Å². The quantitative estimate of drug-likeness (QED) is 0.243. The van der Waals surface area contributed by atoms with Gasteiger partial charge in [-0.05, 0) is 98.8 Å². The van der Waals surface area contributed by atoms with Gasteiger partial charge in [-0.1, -0.05) is 42.2 Å². The Balaban J connectivity index is 1.20. The molecular weight excluding hydrogens is 530 g/mol. The van der Waals surface area contributed by atoms with E-state index in [1.165, 1.54) is 60.1 Å². The third-order valence-corrected chi connectivity index (χ3v) is 10.2. The standard InChI is InChI=1S/C33H31N5O2S/c1-2-12-40-27-10-8-24(9-11-27)30-34-32-38(36-30)31(39)28(41-32)16-25-20-37(26-6-4-3-5-7-26)35-29(25)33-17-21-13-22(18-33)15-23(14-21)19-33/h2-11,16,20-23H,1,12-15,17-19H2. The maximum atomic E-state index is 13.6. The third-order valence-electron chi connectivity index (χ3n) is 9.25. The average molecular weight is 562 g/mol. The number of aromatic nitrogens is 5. The van der Waals surface area contributed by atoms with Gasteiger partial charge in [0.05, 0.1) is 15.9 Å². The van der Waals surface area contributed by atoms with E-state index in [1.54, 1.807) is 6.08 Å². The molecule has 2 aromatic carbocycles. The summed E-state index contributed by atoms with van der Waals surface area (Å²) in [5.74, 6) is 3.70. The first-order chi connectivity index (χ1) is 20.1. The molecule has 0 N–H and O–H groups in total. The van der Waals surface area contributed by atoms with Crippen molar-refractivity contribution in [3.05, 3.63) is 99.6 Å². The zero-order chi connectivity index (χ0) is 27.6. The molecule has 0 saturated heterocycles. The molecule has 4 saturated carbocycles. The number of para-hydroxylation sites is 1. The minimum Gasteiger partial charge on any atom is -0.490 e. The highest BCUT2D eigenvalue weighted by molar-refractivity contribution is 7.15. The third kappa shape index (κ3) is 4.23. The Kier molecular flexibility index (Phi) is 5.74. The van der Waals surface area contributed by atoms with E-state index < -0.39 is 0 Å². The summed E-state index contributed by atoms with van der Waals surface area (Å²) in [6.45, 7) is 4.13. The van der Waals surface area contributed by atoms with E-state index in [-0.39, 0.29) is 11.0 Å². The van der Waals surface area contributed by atoms with Gasteiger partial charge in [-0.15, -0.1) is 5.10 Å². The van der Waals surface area contributed by atoms with Crippen molar-refractivity contribution in [2.75, 3.05) is 6.61 Å². The summed E-state index contributed by atoms with van der Waals surface area (Å²) in [6, 6.07) is 17.8. The molecule has 3 heterocycles. The Morgan fingerprint density at radius 2 is 1.68 bits per heavy atom. The van der Waals surface area contributed by atoms with Crippen LogP contribution in [0.1, 0.15) is 49.8 Å². The Morgan fingerprint density at radius 1 is 0.976 bits per heavy atom. The number of hydrogen-bond donors (Lipinski definition) is 0. The van der Waals surface area contributed by atoms with Crippen molar-refractivity contribution >= 4 is 22.4 Å². The van der Waals surface area contributed by atoms with Gasteiger partial charge >= 0.3 is 0 Å². The Labute approximate surface area is 241 Å². The molecule has 9 rings (SSSR count). The fraction of sp³-hybridized carbons (Fsp3) is 0.333. The lowest BCUT2D eigenvalue weighted by molar-refractivity contribution is -0.00743. The number of rotatable bonds is 7. The van der Waals surface area contributed by atoms with Gasteiger partial charge in [-0.2, -0.15) is 14.6 Å². The van der Waals surface area contributed by atoms with Gasteiger partial charge in [0.15, 0.2) is 5.82 Å². The Morgan fingerprint density at radius 3 is 2.34 bits per heavy atom. The van der Waals surface area contributed by atoms with Gasteiger partial charge in [0.25, 0.3) is 5.56 Å². The Bertz CT molecular complexity index is 1830. The maximum absolute atomic E-state index is 13.6. The molecule has 4 aliphatic carbocycles. The number of benzene rings is 2. The molecule has 3 aromatic heterocycles. The summed E-state index contributed by atoms with van der Waals surface area (Å²) in [4.78, 5) is 18.9. The number of ether oxygens (including phenoxy) is 1. The van der Waals surface area contributed by atoms with E-state index in [1.807, 2.05) is 53.2 Å². The summed E-state index contributed by atoms with van der Waals surface area (Å²) in [5, 5.41) is 9.82. The molecule has 0 aliphatic heterocycles. The van der Waals surface area contributed by atoms with Gasteiger partial charge in [-0.25, -0.2) is 4.68 Å². The molecule has 41 heavy (non-hydrogen) atoms. The lowest BCUT2D eigenvalue weighted by Gasteiger charge is -2.56. The molecule has 0 radical (unpaired) electrons. The van der Waals surface area contributed by atoms with Crippen LogP contribution in [0, 0.1) is 17.8 Å². The predicted octanol–water partition coefficient (Wildman–Crippen LogP) is 5.58. The minimum absolute atomic E-state index is 0.105. The molecule has 4 fully saturated rings. The monoisotopic (exact) mass is 561 g/mol. The molecule has 4 aliphatic rings. The molecule has 0 spiro atoms. The first-order valence-electron chi connectivity index (χ1n) is 14.5. The molecule has 7 nitrogen and oxygen atoms in total. The van der Waals surface area contributed by atoms with Crippen LogP contribution >= 0.6 is 11.3 Å². The summed E-state index contributed by atoms with van der Waals surface area (Å²) >= 11 is 1.39. The van der Waals surface area contributed by atoms with Gasteiger partial charge in [-0.3, -0.25) is 4.79 Å². The molecule has 4 bridgehead atoms. The van der Waals surface area contributed by atoms with Crippen molar-refractivity contribution in [2.24, 2.45) is 17.8 Å². The van der Waals surface area contributed by atoms with Gasteiger partial charge in [0, 0.05) is 22.7 Å². The minimum atomic E-state index is -0.140. The topological polar surface area (TPSA) is 74.3 Å². The largest absolute Gasteiger partial charge is 0.490 e. The van der Waals surface area contributed by atoms with Crippen LogP contribution in [0.3, 0.4) is 0 Å². The molecule has 5 aromatic rings. The van der Waals surface area contributed by atoms with Crippen LogP contribution in [0.5, 0.6) is 5.75 Å². The SMILES string of the molecule is C=CCOc1ccc(-c2nc3sc(=Cc4cn(-c5ccccc5)nc4C45CC6CC(CC(C6)C4)C5)c(=O)n3n2)cc1. The Hall–Kier alpha value is -4.04. The van der Waals surface area contributed by atoms with E-state index in [2.05, 4.69) is 30.0 Å². The fourth-order valence-corrected chi connectivity index (χ4v) is 8.87. The van der Waals surface area contributed by atoms with Crippen molar-refractivity contribution in [1.29, 1.82) is 0 Å². The summed E-state index contributed by atoms with van der Waals surface area (Å²) in [7, 11) is 0. The van der Waals surface area contributed by atoms with Crippen molar-refractivity contribution in [2.45, 2.75) is 43.9 Å². The van der Waals surface area contributed by atoms with Crippen LogP contribution in [0.4, 0.5) is 0 Å². The van der Waals surface area contributed by atoms with E-state index in [0.717, 1.165) is 40.3 Å². The van der Waals surface area contributed by atoms with Crippen molar-refractivity contribution in [1.82, 2.24) is 24.4 Å². The smallest absolute Gasteiger partial charge is 0.291 e. The highest BCUT2D eigenvalue weighted by atomic mass is 32.1. The highest BCUT2D eigenvalue weighted by Gasteiger charge is 2.53. The average Bonchev–Trinajstić information content (AvgIpc) is 3.67. The van der Waals surface area contributed by atoms with E-state index in [0.29, 0.717) is 21.9 Å². The molecule has 0 unspecified atom stereocenters. The van der Waals surface area contributed by atoms with Gasteiger partial charge in [0.1, 0.15) is 12.4 Å². The first-order valence-corrected chi connectivity index (χ1v) is 15.3. The normalized spacial score (nSPS) is 25.3. The summed E-state index contributed by atoms with van der Waals surface area (Å²) in [5.41, 5.74) is 4.05.